The molecule has 1 saturated heterocycles. The molecule has 174 valence electrons. The fourth-order valence-corrected chi connectivity index (χ4v) is 4.23. The number of nitrogens with one attached hydrogen (secondary N) is 1. The normalized spacial score (nSPS) is 15.8. The fraction of sp³-hybridized carbons (Fsp3) is 0.346. The average Bonchev–Trinajstić information content (AvgIpc) is 2.85. The van der Waals surface area contributed by atoms with Gasteiger partial charge in [-0.15, -0.1) is 0 Å². The number of nitrogens with zero attached hydrogens (tertiary/aromatic N) is 3. The van der Waals surface area contributed by atoms with Crippen LogP contribution in [-0.4, -0.2) is 60.0 Å². The minimum Gasteiger partial charge on any atom is -0.494 e. The topological polar surface area (TPSA) is 48.0 Å². The van der Waals surface area contributed by atoms with Gasteiger partial charge in [0, 0.05) is 50.1 Å². The summed E-state index contributed by atoms with van der Waals surface area (Å²) in [5.41, 5.74) is 4.84. The molecule has 2 aromatic carbocycles. The van der Waals surface area contributed by atoms with E-state index in [-0.39, 0.29) is 5.91 Å². The van der Waals surface area contributed by atoms with Crippen LogP contribution in [0.4, 0.5) is 4.39 Å². The first-order chi connectivity index (χ1) is 16.1. The van der Waals surface area contributed by atoms with Gasteiger partial charge in [0.25, 0.3) is 5.91 Å². The molecular formula is C26H31FN4O2. The van der Waals surface area contributed by atoms with Gasteiger partial charge in [-0.25, -0.2) is 4.39 Å². The van der Waals surface area contributed by atoms with Crippen molar-refractivity contribution >= 4 is 5.91 Å². The number of hydrogen-bond acceptors (Lipinski definition) is 5. The molecule has 2 aliphatic heterocycles. The lowest BCUT2D eigenvalue weighted by Crippen LogP contribution is -2.52. The summed E-state index contributed by atoms with van der Waals surface area (Å²) in [5.74, 6) is 1.28. The number of benzene rings is 2. The van der Waals surface area contributed by atoms with Gasteiger partial charge in [-0.05, 0) is 55.3 Å². The van der Waals surface area contributed by atoms with Gasteiger partial charge in [-0.2, -0.15) is 0 Å². The van der Waals surface area contributed by atoms with E-state index < -0.39 is 5.82 Å². The van der Waals surface area contributed by atoms with Crippen LogP contribution in [0.5, 0.6) is 5.75 Å². The molecule has 0 spiro atoms. The number of hydrogen-bond donors (Lipinski definition) is 1. The number of ether oxygens (including phenoxy) is 1. The molecule has 0 atom stereocenters. The minimum atomic E-state index is -0.409. The molecule has 2 heterocycles. The number of carbonyl (C=O) groups is 1. The maximum atomic E-state index is 15.0. The summed E-state index contributed by atoms with van der Waals surface area (Å²) in [4.78, 5) is 17.1. The Bertz CT molecular complexity index is 1040. The van der Waals surface area contributed by atoms with Gasteiger partial charge in [0.05, 0.1) is 6.61 Å². The zero-order valence-corrected chi connectivity index (χ0v) is 19.3. The van der Waals surface area contributed by atoms with Gasteiger partial charge < -0.3 is 20.0 Å². The zero-order valence-electron chi connectivity index (χ0n) is 19.3. The first kappa shape index (κ1) is 22.7. The smallest absolute Gasteiger partial charge is 0.254 e. The zero-order chi connectivity index (χ0) is 23.2. The average molecular weight is 451 g/mol. The predicted octanol–water partition coefficient (Wildman–Crippen LogP) is 4.23. The van der Waals surface area contributed by atoms with Crippen LogP contribution in [0.15, 0.2) is 66.6 Å². The molecule has 0 radical (unpaired) electrons. The second kappa shape index (κ2) is 10.4. The molecule has 7 heteroatoms. The Kier molecular flexibility index (Phi) is 7.17. The summed E-state index contributed by atoms with van der Waals surface area (Å²) in [5, 5.41) is 2.13. The van der Waals surface area contributed by atoms with E-state index >= 15 is 0 Å². The van der Waals surface area contributed by atoms with Crippen LogP contribution in [-0.2, 0) is 0 Å². The third-order valence-electron chi connectivity index (χ3n) is 5.86. The van der Waals surface area contributed by atoms with Crippen molar-refractivity contribution in [1.29, 1.82) is 0 Å². The van der Waals surface area contributed by atoms with Crippen LogP contribution in [0, 0.1) is 5.82 Å². The molecule has 6 nitrogen and oxygen atoms in total. The third-order valence-corrected chi connectivity index (χ3v) is 5.86. The van der Waals surface area contributed by atoms with Gasteiger partial charge in [-0.3, -0.25) is 9.80 Å². The summed E-state index contributed by atoms with van der Waals surface area (Å²) in [6.45, 7) is 8.18. The molecule has 2 aromatic rings. The number of hydrazine groups is 1. The Balaban J connectivity index is 1.42. The highest BCUT2D eigenvalue weighted by Crippen LogP contribution is 2.27. The largest absolute Gasteiger partial charge is 0.494 e. The number of amides is 1. The maximum Gasteiger partial charge on any atom is 0.254 e. The van der Waals surface area contributed by atoms with Gasteiger partial charge in [0.1, 0.15) is 17.4 Å². The van der Waals surface area contributed by atoms with Crippen LogP contribution < -0.4 is 10.2 Å². The molecular weight excluding hydrogens is 419 g/mol. The van der Waals surface area contributed by atoms with E-state index in [4.69, 9.17) is 4.74 Å². The van der Waals surface area contributed by atoms with Crippen molar-refractivity contribution in [2.75, 3.05) is 39.3 Å². The summed E-state index contributed by atoms with van der Waals surface area (Å²) >= 11 is 0. The first-order valence-corrected chi connectivity index (χ1v) is 11.6. The Morgan fingerprint density at radius 1 is 1.09 bits per heavy atom. The SMILES string of the molecule is CCCN1NC=CC=C1N1CCN(C(=O)c2ccc(-c3cccc(OCC)c3)c(F)c2)CC1. The number of piperazine rings is 1. The second-order valence-electron chi connectivity index (χ2n) is 8.10. The molecule has 0 unspecified atom stereocenters. The highest BCUT2D eigenvalue weighted by molar-refractivity contribution is 5.95. The molecule has 4 rings (SSSR count). The van der Waals surface area contributed by atoms with Crippen molar-refractivity contribution in [2.24, 2.45) is 0 Å². The van der Waals surface area contributed by atoms with E-state index in [1.807, 2.05) is 43.5 Å². The fourth-order valence-electron chi connectivity index (χ4n) is 4.23. The summed E-state index contributed by atoms with van der Waals surface area (Å²) in [7, 11) is 0. The standard InChI is InChI=1S/C26H31FN4O2/c1-3-13-31-25(9-6-12-28-31)29-14-16-30(17-15-29)26(32)21-10-11-23(24(27)19-21)20-7-5-8-22(18-20)33-4-2/h5-12,18-19,28H,3-4,13-17H2,1-2H3. The monoisotopic (exact) mass is 450 g/mol. The van der Waals surface area contributed by atoms with Crippen LogP contribution >= 0.6 is 0 Å². The maximum absolute atomic E-state index is 15.0. The van der Waals surface area contributed by atoms with Crippen LogP contribution in [0.25, 0.3) is 11.1 Å². The van der Waals surface area contributed by atoms with Crippen molar-refractivity contribution in [1.82, 2.24) is 20.2 Å². The summed E-state index contributed by atoms with van der Waals surface area (Å²) in [6.07, 6.45) is 7.05. The lowest BCUT2D eigenvalue weighted by molar-refractivity contribution is 0.0614. The Morgan fingerprint density at radius 3 is 2.64 bits per heavy atom. The van der Waals surface area contributed by atoms with E-state index in [1.165, 1.54) is 6.07 Å². The third kappa shape index (κ3) is 5.13. The first-order valence-electron chi connectivity index (χ1n) is 11.6. The van der Waals surface area contributed by atoms with Crippen molar-refractivity contribution in [3.63, 3.8) is 0 Å². The van der Waals surface area contributed by atoms with E-state index in [9.17, 15) is 9.18 Å². The second-order valence-corrected chi connectivity index (χ2v) is 8.10. The molecule has 0 aromatic heterocycles. The predicted molar refractivity (Wildman–Crippen MR) is 128 cm³/mol. The van der Waals surface area contributed by atoms with Crippen molar-refractivity contribution in [3.05, 3.63) is 78.0 Å². The molecule has 1 amide bonds. The molecule has 1 N–H and O–H groups in total. The van der Waals surface area contributed by atoms with Crippen LogP contribution in [0.1, 0.15) is 30.6 Å². The van der Waals surface area contributed by atoms with Gasteiger partial charge in [-0.1, -0.05) is 25.1 Å². The number of carbonyl (C=O) groups excluding carboxylic acids is 1. The molecule has 33 heavy (non-hydrogen) atoms. The van der Waals surface area contributed by atoms with Crippen molar-refractivity contribution < 1.29 is 13.9 Å². The molecule has 0 aliphatic carbocycles. The van der Waals surface area contributed by atoms with Crippen molar-refractivity contribution in [3.8, 4) is 16.9 Å². The lowest BCUT2D eigenvalue weighted by Gasteiger charge is -2.41. The molecule has 0 bridgehead atoms. The van der Waals surface area contributed by atoms with E-state index in [2.05, 4.69) is 28.3 Å². The van der Waals surface area contributed by atoms with Gasteiger partial charge in [0.2, 0.25) is 0 Å². The number of allylic oxidation sites excluding steroid dienone is 2. The van der Waals surface area contributed by atoms with Crippen LogP contribution in [0.3, 0.4) is 0 Å². The van der Waals surface area contributed by atoms with Gasteiger partial charge in [0.15, 0.2) is 0 Å². The highest BCUT2D eigenvalue weighted by atomic mass is 19.1. The van der Waals surface area contributed by atoms with E-state index in [1.54, 1.807) is 17.0 Å². The minimum absolute atomic E-state index is 0.135. The molecule has 1 fully saturated rings. The molecule has 0 saturated carbocycles. The number of halogens is 1. The van der Waals surface area contributed by atoms with E-state index in [0.717, 1.165) is 37.4 Å². The Hall–Kier alpha value is -3.48. The number of rotatable bonds is 7. The quantitative estimate of drug-likeness (QED) is 0.684. The summed E-state index contributed by atoms with van der Waals surface area (Å²) < 4.78 is 20.5. The van der Waals surface area contributed by atoms with Gasteiger partial charge >= 0.3 is 0 Å². The Morgan fingerprint density at radius 2 is 1.91 bits per heavy atom. The Labute approximate surface area is 194 Å². The van der Waals surface area contributed by atoms with Crippen LogP contribution in [0.2, 0.25) is 0 Å². The lowest BCUT2D eigenvalue weighted by atomic mass is 10.0. The van der Waals surface area contributed by atoms with E-state index in [0.29, 0.717) is 36.6 Å². The molecule has 2 aliphatic rings. The highest BCUT2D eigenvalue weighted by Gasteiger charge is 2.26. The van der Waals surface area contributed by atoms with Crippen molar-refractivity contribution in [2.45, 2.75) is 20.3 Å². The summed E-state index contributed by atoms with van der Waals surface area (Å²) in [6, 6.07) is 12.1.